The molecule has 180 valence electrons. The zero-order valence-corrected chi connectivity index (χ0v) is 19.9. The molecule has 4 N–H and O–H groups in total. The molecule has 0 bridgehead atoms. The number of sulfone groups is 1. The number of benzene rings is 2. The summed E-state index contributed by atoms with van der Waals surface area (Å²) in [6.45, 7) is 1.17. The summed E-state index contributed by atoms with van der Waals surface area (Å²) in [5, 5.41) is 16.0. The molecule has 1 aromatic heterocycles. The number of carbonyl (C=O) groups excluding carboxylic acids is 2. The van der Waals surface area contributed by atoms with E-state index in [9.17, 15) is 18.0 Å². The first-order valence-electron chi connectivity index (χ1n) is 10.8. The van der Waals surface area contributed by atoms with Gasteiger partial charge in [0.15, 0.2) is 14.6 Å². The monoisotopic (exact) mass is 503 g/mol. The fourth-order valence-electron chi connectivity index (χ4n) is 4.01. The Hall–Kier alpha value is -2.99. The largest absolute Gasteiger partial charge is 0.492 e. The van der Waals surface area contributed by atoms with Gasteiger partial charge in [-0.1, -0.05) is 18.2 Å². The number of rotatable bonds is 8. The first-order valence-corrected chi connectivity index (χ1v) is 13.1. The van der Waals surface area contributed by atoms with Crippen LogP contribution in [0, 0.1) is 0 Å². The molecule has 1 fully saturated rings. The highest BCUT2D eigenvalue weighted by Crippen LogP contribution is 2.34. The third-order valence-electron chi connectivity index (χ3n) is 5.88. The molecule has 11 heteroatoms. The number of hydroxylamine groups is 1. The van der Waals surface area contributed by atoms with Crippen LogP contribution < -0.4 is 20.9 Å². The van der Waals surface area contributed by atoms with Crippen molar-refractivity contribution in [3.63, 3.8) is 0 Å². The highest BCUT2D eigenvalue weighted by molar-refractivity contribution is 7.93. The maximum Gasteiger partial charge on any atom is 0.265 e. The normalized spacial score (nSPS) is 15.6. The van der Waals surface area contributed by atoms with E-state index < -0.39 is 20.5 Å². The van der Waals surface area contributed by atoms with Crippen molar-refractivity contribution in [3.8, 4) is 5.75 Å². The topological polar surface area (TPSA) is 134 Å². The number of amides is 2. The maximum atomic E-state index is 13.3. The van der Waals surface area contributed by atoms with Gasteiger partial charge in [0.05, 0.1) is 16.3 Å². The molecule has 4 rings (SSSR count). The summed E-state index contributed by atoms with van der Waals surface area (Å²) in [5.74, 6) is -0.676. The Kier molecular flexibility index (Phi) is 7.17. The Morgan fingerprint density at radius 3 is 2.47 bits per heavy atom. The summed E-state index contributed by atoms with van der Waals surface area (Å²) in [7, 11) is -4.05. The van der Waals surface area contributed by atoms with Crippen LogP contribution in [0.3, 0.4) is 0 Å². The van der Waals surface area contributed by atoms with E-state index in [0.717, 1.165) is 10.1 Å². The van der Waals surface area contributed by atoms with Crippen LogP contribution in [0.15, 0.2) is 59.5 Å². The van der Waals surface area contributed by atoms with Crippen molar-refractivity contribution in [1.82, 2.24) is 16.1 Å². The van der Waals surface area contributed by atoms with Crippen molar-refractivity contribution in [2.45, 2.75) is 22.5 Å². The van der Waals surface area contributed by atoms with Crippen LogP contribution in [-0.2, 0) is 14.6 Å². The van der Waals surface area contributed by atoms with Gasteiger partial charge in [-0.05, 0) is 67.7 Å². The first-order chi connectivity index (χ1) is 16.4. The lowest BCUT2D eigenvalue weighted by atomic mass is 9.96. The van der Waals surface area contributed by atoms with Gasteiger partial charge in [-0.3, -0.25) is 14.8 Å². The third-order valence-corrected chi connectivity index (χ3v) is 9.51. The average molecular weight is 504 g/mol. The summed E-state index contributed by atoms with van der Waals surface area (Å²) in [4.78, 5) is 25.3. The number of thiophene rings is 1. The van der Waals surface area contributed by atoms with Crippen LogP contribution in [-0.4, -0.2) is 56.4 Å². The number of hydrogen-bond acceptors (Lipinski definition) is 8. The van der Waals surface area contributed by atoms with E-state index in [0.29, 0.717) is 23.7 Å². The Balaban J connectivity index is 1.35. The molecular weight excluding hydrogens is 478 g/mol. The molecule has 34 heavy (non-hydrogen) atoms. The second kappa shape index (κ2) is 10.1. The fraction of sp³-hybridized carbons (Fsp3) is 0.304. The minimum absolute atomic E-state index is 0.0246. The summed E-state index contributed by atoms with van der Waals surface area (Å²) in [5.41, 5.74) is 1.52. The van der Waals surface area contributed by atoms with Crippen LogP contribution in [0.5, 0.6) is 5.75 Å². The van der Waals surface area contributed by atoms with Crippen LogP contribution in [0.1, 0.15) is 22.5 Å². The van der Waals surface area contributed by atoms with Gasteiger partial charge < -0.3 is 15.4 Å². The van der Waals surface area contributed by atoms with Gasteiger partial charge in [0.2, 0.25) is 0 Å². The zero-order valence-electron chi connectivity index (χ0n) is 18.2. The molecule has 1 aliphatic rings. The minimum Gasteiger partial charge on any atom is -0.492 e. The smallest absolute Gasteiger partial charge is 0.265 e. The SMILES string of the molecule is O=C(NCCOc1ccc(S(=O)(=O)C2(C(=O)NO)CCNCC2)cc1)c1cc2ccccc2s1. The molecule has 2 heterocycles. The highest BCUT2D eigenvalue weighted by Gasteiger charge is 2.51. The van der Waals surface area contributed by atoms with Crippen molar-refractivity contribution in [2.75, 3.05) is 26.2 Å². The molecular formula is C23H25N3O6S2. The number of ether oxygens (including phenoxy) is 1. The first kappa shape index (κ1) is 24.1. The quantitative estimate of drug-likeness (QED) is 0.210. The standard InChI is InChI=1S/C23H25N3O6S2/c27-21(20-15-16-3-1-2-4-19(16)33-20)25-13-14-32-17-5-7-18(8-6-17)34(30,31)23(22(28)26-29)9-11-24-12-10-23/h1-8,15,24,29H,9-14H2,(H,25,27)(H,26,28). The molecule has 3 aromatic rings. The molecule has 2 amide bonds. The van der Waals surface area contributed by atoms with Crippen molar-refractivity contribution in [2.24, 2.45) is 0 Å². The molecule has 0 atom stereocenters. The molecule has 0 unspecified atom stereocenters. The predicted molar refractivity (Wildman–Crippen MR) is 128 cm³/mol. The number of nitrogens with one attached hydrogen (secondary N) is 3. The Bertz CT molecular complexity index is 1250. The number of carbonyl (C=O) groups is 2. The number of hydrogen-bond donors (Lipinski definition) is 4. The van der Waals surface area contributed by atoms with Gasteiger partial charge in [-0.25, -0.2) is 13.9 Å². The van der Waals surface area contributed by atoms with Crippen LogP contribution in [0.2, 0.25) is 0 Å². The molecule has 1 saturated heterocycles. The van der Waals surface area contributed by atoms with E-state index in [-0.39, 0.29) is 36.8 Å². The summed E-state index contributed by atoms with van der Waals surface area (Å²) < 4.78 is 31.5. The second-order valence-electron chi connectivity index (χ2n) is 7.91. The lowest BCUT2D eigenvalue weighted by Gasteiger charge is -2.34. The minimum atomic E-state index is -4.05. The Morgan fingerprint density at radius 1 is 1.09 bits per heavy atom. The predicted octanol–water partition coefficient (Wildman–Crippen LogP) is 2.11. The Labute approximate surface area is 201 Å². The van der Waals surface area contributed by atoms with Gasteiger partial charge in [-0.15, -0.1) is 11.3 Å². The van der Waals surface area contributed by atoms with Crippen LogP contribution in [0.4, 0.5) is 0 Å². The van der Waals surface area contributed by atoms with E-state index in [1.165, 1.54) is 41.1 Å². The van der Waals surface area contributed by atoms with Crippen molar-refractivity contribution >= 4 is 43.1 Å². The van der Waals surface area contributed by atoms with E-state index in [1.807, 2.05) is 30.3 Å². The second-order valence-corrected chi connectivity index (χ2v) is 11.3. The molecule has 0 radical (unpaired) electrons. The summed E-state index contributed by atoms with van der Waals surface area (Å²) in [6.07, 6.45) is 0.110. The van der Waals surface area contributed by atoms with Gasteiger partial charge in [-0.2, -0.15) is 0 Å². The molecule has 0 aliphatic carbocycles. The van der Waals surface area contributed by atoms with E-state index in [4.69, 9.17) is 9.94 Å². The maximum absolute atomic E-state index is 13.3. The lowest BCUT2D eigenvalue weighted by Crippen LogP contribution is -2.57. The number of piperidine rings is 1. The average Bonchev–Trinajstić information content (AvgIpc) is 3.31. The highest BCUT2D eigenvalue weighted by atomic mass is 32.2. The van der Waals surface area contributed by atoms with Crippen molar-refractivity contribution in [3.05, 3.63) is 59.5 Å². The van der Waals surface area contributed by atoms with Gasteiger partial charge in [0.25, 0.3) is 11.8 Å². The molecule has 0 saturated carbocycles. The van der Waals surface area contributed by atoms with Crippen LogP contribution in [0.25, 0.3) is 10.1 Å². The fourth-order valence-corrected chi connectivity index (χ4v) is 6.96. The van der Waals surface area contributed by atoms with E-state index in [1.54, 1.807) is 0 Å². The molecule has 2 aromatic carbocycles. The van der Waals surface area contributed by atoms with Crippen molar-refractivity contribution in [1.29, 1.82) is 0 Å². The zero-order chi connectivity index (χ0) is 24.2. The van der Waals surface area contributed by atoms with Gasteiger partial charge in [0, 0.05) is 4.70 Å². The van der Waals surface area contributed by atoms with Crippen LogP contribution >= 0.6 is 11.3 Å². The van der Waals surface area contributed by atoms with E-state index in [2.05, 4.69) is 10.6 Å². The van der Waals surface area contributed by atoms with Gasteiger partial charge >= 0.3 is 0 Å². The molecule has 9 nitrogen and oxygen atoms in total. The third kappa shape index (κ3) is 4.64. The summed E-state index contributed by atoms with van der Waals surface area (Å²) >= 11 is 1.42. The molecule has 0 spiro atoms. The lowest BCUT2D eigenvalue weighted by molar-refractivity contribution is -0.132. The van der Waals surface area contributed by atoms with Gasteiger partial charge in [0.1, 0.15) is 12.4 Å². The Morgan fingerprint density at radius 2 is 1.79 bits per heavy atom. The summed E-state index contributed by atoms with van der Waals surface area (Å²) in [6, 6.07) is 15.4. The molecule has 1 aliphatic heterocycles. The van der Waals surface area contributed by atoms with Crippen molar-refractivity contribution < 1.29 is 28.0 Å². The van der Waals surface area contributed by atoms with E-state index >= 15 is 0 Å². The number of fused-ring (bicyclic) bond motifs is 1.